The number of rotatable bonds is 3. The number of para-hydroxylation sites is 4. The number of nitrogens with zero attached hydrogens (tertiary/aromatic N) is 4. The van der Waals surface area contributed by atoms with Crippen molar-refractivity contribution in [1.29, 1.82) is 0 Å². The van der Waals surface area contributed by atoms with Crippen molar-refractivity contribution in [1.82, 2.24) is 19.1 Å². The van der Waals surface area contributed by atoms with Gasteiger partial charge in [-0.25, -0.2) is 4.98 Å². The summed E-state index contributed by atoms with van der Waals surface area (Å²) in [6, 6.07) is 59.4. The van der Waals surface area contributed by atoms with E-state index in [2.05, 4.69) is 181 Å². The highest BCUT2D eigenvalue weighted by Crippen LogP contribution is 2.58. The van der Waals surface area contributed by atoms with Crippen LogP contribution in [-0.4, -0.2) is 19.1 Å². The van der Waals surface area contributed by atoms with Gasteiger partial charge in [-0.2, -0.15) is 0 Å². The number of benzene rings is 7. The maximum Gasteiger partial charge on any atom is 0.0972 e. The van der Waals surface area contributed by atoms with Gasteiger partial charge < -0.3 is 9.13 Å². The van der Waals surface area contributed by atoms with Gasteiger partial charge in [-0.1, -0.05) is 135 Å². The largest absolute Gasteiger partial charge is 0.309 e. The summed E-state index contributed by atoms with van der Waals surface area (Å²) in [4.78, 5) is 10.2. The molecule has 55 heavy (non-hydrogen) atoms. The first-order valence-electron chi connectivity index (χ1n) is 19.0. The Labute approximate surface area is 317 Å². The molecular formula is C51H34N4. The lowest BCUT2D eigenvalue weighted by Crippen LogP contribution is -2.15. The van der Waals surface area contributed by atoms with Crippen molar-refractivity contribution in [2.45, 2.75) is 19.3 Å². The van der Waals surface area contributed by atoms with Crippen LogP contribution in [-0.2, 0) is 5.41 Å². The third kappa shape index (κ3) is 4.00. The highest BCUT2D eigenvalue weighted by molar-refractivity contribution is 6.31. The molecule has 0 aliphatic heterocycles. The summed E-state index contributed by atoms with van der Waals surface area (Å²) in [6.45, 7) is 4.83. The van der Waals surface area contributed by atoms with Crippen LogP contribution in [0.2, 0.25) is 0 Å². The molecule has 0 saturated heterocycles. The third-order valence-corrected chi connectivity index (χ3v) is 12.1. The molecule has 258 valence electrons. The van der Waals surface area contributed by atoms with Gasteiger partial charge in [0.2, 0.25) is 0 Å². The molecule has 4 nitrogen and oxygen atoms in total. The van der Waals surface area contributed by atoms with E-state index >= 15 is 0 Å². The van der Waals surface area contributed by atoms with Crippen LogP contribution in [0.15, 0.2) is 170 Å². The van der Waals surface area contributed by atoms with Gasteiger partial charge in [0.25, 0.3) is 0 Å². The lowest BCUT2D eigenvalue weighted by Gasteiger charge is -2.23. The summed E-state index contributed by atoms with van der Waals surface area (Å²) < 4.78 is 5.05. The Hall–Kier alpha value is -7.04. The van der Waals surface area contributed by atoms with Crippen molar-refractivity contribution in [2.75, 3.05) is 0 Å². The van der Waals surface area contributed by atoms with Crippen molar-refractivity contribution in [3.8, 4) is 33.8 Å². The first-order valence-corrected chi connectivity index (χ1v) is 19.0. The lowest BCUT2D eigenvalue weighted by atomic mass is 9.80. The number of hydrogen-bond donors (Lipinski definition) is 0. The molecule has 1 aliphatic carbocycles. The molecule has 4 aromatic heterocycles. The molecule has 4 heterocycles. The predicted molar refractivity (Wildman–Crippen MR) is 229 cm³/mol. The lowest BCUT2D eigenvalue weighted by molar-refractivity contribution is 0.667. The van der Waals surface area contributed by atoms with Gasteiger partial charge in [0.1, 0.15) is 0 Å². The molecule has 0 atom stereocenters. The number of hydrogen-bond acceptors (Lipinski definition) is 2. The minimum absolute atomic E-state index is 0.251. The minimum atomic E-state index is -0.251. The Balaban J connectivity index is 1.30. The first-order chi connectivity index (χ1) is 27.1. The molecular weight excluding hydrogens is 669 g/mol. The minimum Gasteiger partial charge on any atom is -0.309 e. The number of fused-ring (bicyclic) bond motifs is 15. The SMILES string of the molecule is CC1(C)c2ccccc2-c2c1c1c3ccccc3n(-c3ccccc3-c3ccc4ccc5cccnc5c4n3)c1c1c3ccccc3n(-c3ccccc3)c21. The van der Waals surface area contributed by atoms with E-state index in [1.807, 2.05) is 12.3 Å². The van der Waals surface area contributed by atoms with Gasteiger partial charge in [-0.05, 0) is 59.2 Å². The molecule has 11 aromatic rings. The molecule has 0 saturated carbocycles. The predicted octanol–water partition coefficient (Wildman–Crippen LogP) is 13.0. The summed E-state index contributed by atoms with van der Waals surface area (Å²) in [7, 11) is 0. The fraction of sp³-hybridized carbons (Fsp3) is 0.0588. The average molecular weight is 703 g/mol. The maximum atomic E-state index is 5.39. The van der Waals surface area contributed by atoms with Crippen molar-refractivity contribution in [2.24, 2.45) is 0 Å². The van der Waals surface area contributed by atoms with Gasteiger partial charge in [-0.3, -0.25) is 4.98 Å². The van der Waals surface area contributed by atoms with Crippen molar-refractivity contribution < 1.29 is 0 Å². The van der Waals surface area contributed by atoms with Crippen LogP contribution in [0.5, 0.6) is 0 Å². The summed E-state index contributed by atoms with van der Waals surface area (Å²) in [5.74, 6) is 0. The Kier molecular flexibility index (Phi) is 6.09. The van der Waals surface area contributed by atoms with Gasteiger partial charge in [0.05, 0.1) is 44.5 Å². The molecule has 0 bridgehead atoms. The van der Waals surface area contributed by atoms with E-state index in [4.69, 9.17) is 9.97 Å². The molecule has 4 heteroatoms. The van der Waals surface area contributed by atoms with E-state index in [0.717, 1.165) is 44.4 Å². The second-order valence-electron chi connectivity index (χ2n) is 15.3. The monoisotopic (exact) mass is 702 g/mol. The second kappa shape index (κ2) is 11.0. The van der Waals surface area contributed by atoms with Crippen LogP contribution in [0.4, 0.5) is 0 Å². The van der Waals surface area contributed by atoms with Crippen LogP contribution in [0.25, 0.3) is 99.2 Å². The topological polar surface area (TPSA) is 35.6 Å². The zero-order chi connectivity index (χ0) is 36.4. The zero-order valence-corrected chi connectivity index (χ0v) is 30.5. The molecule has 0 amide bonds. The smallest absolute Gasteiger partial charge is 0.0972 e. The quantitative estimate of drug-likeness (QED) is 0.172. The summed E-state index contributed by atoms with van der Waals surface area (Å²) in [6.07, 6.45) is 1.86. The summed E-state index contributed by atoms with van der Waals surface area (Å²) in [5.41, 5.74) is 16.1. The van der Waals surface area contributed by atoms with Crippen LogP contribution in [0.3, 0.4) is 0 Å². The molecule has 0 N–H and O–H groups in total. The molecule has 0 radical (unpaired) electrons. The van der Waals surface area contributed by atoms with Gasteiger partial charge in [0.15, 0.2) is 0 Å². The molecule has 0 fully saturated rings. The van der Waals surface area contributed by atoms with Crippen LogP contribution in [0, 0.1) is 0 Å². The maximum absolute atomic E-state index is 5.39. The van der Waals surface area contributed by atoms with Gasteiger partial charge in [-0.15, -0.1) is 0 Å². The zero-order valence-electron chi connectivity index (χ0n) is 30.5. The molecule has 0 spiro atoms. The fourth-order valence-corrected chi connectivity index (χ4v) is 9.81. The Morgan fingerprint density at radius 3 is 1.95 bits per heavy atom. The van der Waals surface area contributed by atoms with Crippen LogP contribution in [0.1, 0.15) is 25.0 Å². The van der Waals surface area contributed by atoms with Crippen molar-refractivity contribution >= 4 is 65.4 Å². The van der Waals surface area contributed by atoms with E-state index in [9.17, 15) is 0 Å². The van der Waals surface area contributed by atoms with E-state index in [1.165, 1.54) is 65.9 Å². The molecule has 7 aromatic carbocycles. The Morgan fingerprint density at radius 1 is 0.491 bits per heavy atom. The van der Waals surface area contributed by atoms with E-state index in [0.29, 0.717) is 0 Å². The first kappa shape index (κ1) is 30.4. The fourth-order valence-electron chi connectivity index (χ4n) is 9.81. The highest BCUT2D eigenvalue weighted by atomic mass is 15.0. The molecule has 12 rings (SSSR count). The average Bonchev–Trinajstić information content (AvgIpc) is 3.84. The van der Waals surface area contributed by atoms with E-state index in [1.54, 1.807) is 0 Å². The number of aromatic nitrogens is 4. The van der Waals surface area contributed by atoms with Crippen LogP contribution < -0.4 is 0 Å². The Morgan fingerprint density at radius 2 is 1.13 bits per heavy atom. The molecule has 0 unspecified atom stereocenters. The standard InChI is InChI=1S/C51H34N4/c1-51(2)38-22-10-6-18-34(38)43-46(51)44-36-20-8-13-25-42(36)55(50(44)45-37-21-9-12-24-41(37)54(49(43)45)33-16-4-3-5-17-33)40-23-11-7-19-35(40)39-29-28-32-27-26-31-15-14-30-52-47(31)48(32)53-39/h3-30H,1-2H3. The van der Waals surface area contributed by atoms with E-state index in [-0.39, 0.29) is 5.41 Å². The molecule has 1 aliphatic rings. The second-order valence-corrected chi connectivity index (χ2v) is 15.3. The van der Waals surface area contributed by atoms with Crippen LogP contribution >= 0.6 is 0 Å². The number of pyridine rings is 2. The highest BCUT2D eigenvalue weighted by Gasteiger charge is 2.41. The third-order valence-electron chi connectivity index (χ3n) is 12.1. The van der Waals surface area contributed by atoms with Gasteiger partial charge in [0, 0.05) is 60.7 Å². The Bertz CT molecular complexity index is 3400. The van der Waals surface area contributed by atoms with Crippen molar-refractivity contribution in [3.63, 3.8) is 0 Å². The van der Waals surface area contributed by atoms with Gasteiger partial charge >= 0.3 is 0 Å². The van der Waals surface area contributed by atoms with Crippen molar-refractivity contribution in [3.05, 3.63) is 181 Å². The normalized spacial score (nSPS) is 13.4. The van der Waals surface area contributed by atoms with E-state index < -0.39 is 0 Å². The summed E-state index contributed by atoms with van der Waals surface area (Å²) >= 11 is 0. The summed E-state index contributed by atoms with van der Waals surface area (Å²) in [5, 5.41) is 7.23.